The second kappa shape index (κ2) is 10.5. The number of benzene rings is 1. The number of esters is 1. The van der Waals surface area contributed by atoms with E-state index in [1.54, 1.807) is 13.2 Å². The van der Waals surface area contributed by atoms with Crippen LogP contribution in [-0.4, -0.2) is 43.3 Å². The van der Waals surface area contributed by atoms with Crippen molar-refractivity contribution in [3.8, 4) is 5.75 Å². The number of halogens is 2. The normalized spacial score (nSPS) is 11.2. The highest BCUT2D eigenvalue weighted by atomic mass is 19.3. The van der Waals surface area contributed by atoms with Crippen LogP contribution in [0.5, 0.6) is 5.75 Å². The maximum absolute atomic E-state index is 12.4. The number of ketones is 1. The van der Waals surface area contributed by atoms with Gasteiger partial charge in [0.15, 0.2) is 6.61 Å². The average molecular weight is 407 g/mol. The third-order valence-corrected chi connectivity index (χ3v) is 4.26. The summed E-state index contributed by atoms with van der Waals surface area (Å²) in [6.45, 7) is 1.61. The second-order valence-electron chi connectivity index (χ2n) is 6.24. The Hall–Kier alpha value is -3.00. The van der Waals surface area contributed by atoms with Gasteiger partial charge in [0, 0.05) is 36.7 Å². The minimum Gasteiger partial charge on any atom is -0.454 e. The molecule has 0 aliphatic heterocycles. The van der Waals surface area contributed by atoms with Gasteiger partial charge in [-0.25, -0.2) is 4.79 Å². The van der Waals surface area contributed by atoms with Crippen LogP contribution >= 0.6 is 0 Å². The molecule has 0 bridgehead atoms. The van der Waals surface area contributed by atoms with Crippen molar-refractivity contribution in [3.63, 3.8) is 0 Å². The highest BCUT2D eigenvalue weighted by Crippen LogP contribution is 2.17. The van der Waals surface area contributed by atoms with Crippen LogP contribution in [0.25, 0.3) is 6.08 Å². The van der Waals surface area contributed by atoms with Crippen molar-refractivity contribution in [1.82, 2.24) is 4.57 Å². The molecule has 2 aromatic rings. The largest absolute Gasteiger partial charge is 0.454 e. The number of ether oxygens (including phenoxy) is 3. The number of aromatic nitrogens is 1. The van der Waals surface area contributed by atoms with Crippen LogP contribution in [0.15, 0.2) is 36.4 Å². The van der Waals surface area contributed by atoms with Gasteiger partial charge in [0.1, 0.15) is 5.75 Å². The van der Waals surface area contributed by atoms with E-state index in [1.165, 1.54) is 30.3 Å². The summed E-state index contributed by atoms with van der Waals surface area (Å²) in [7, 11) is 1.61. The number of carbonyl (C=O) groups excluding carboxylic acids is 2. The number of Topliss-reactive ketones (excluding diaryl/α,β-unsaturated/α-hetero) is 1. The predicted molar refractivity (Wildman–Crippen MR) is 103 cm³/mol. The first-order valence-electron chi connectivity index (χ1n) is 8.90. The fraction of sp³-hybridized carbons (Fsp3) is 0.333. The van der Waals surface area contributed by atoms with Gasteiger partial charge < -0.3 is 18.8 Å². The van der Waals surface area contributed by atoms with Crippen LogP contribution in [0, 0.1) is 13.8 Å². The topological polar surface area (TPSA) is 66.8 Å². The molecule has 0 atom stereocenters. The van der Waals surface area contributed by atoms with Gasteiger partial charge in [-0.05, 0) is 43.7 Å². The summed E-state index contributed by atoms with van der Waals surface area (Å²) in [4.78, 5) is 24.2. The van der Waals surface area contributed by atoms with Crippen LogP contribution in [0.4, 0.5) is 8.78 Å². The molecule has 1 aromatic carbocycles. The van der Waals surface area contributed by atoms with E-state index in [4.69, 9.17) is 9.47 Å². The number of nitrogens with zero attached hydrogens (tertiary/aromatic N) is 1. The average Bonchev–Trinajstić information content (AvgIpc) is 2.97. The molecular formula is C21H23F2NO5. The summed E-state index contributed by atoms with van der Waals surface area (Å²) in [5.41, 5.74) is 2.82. The third kappa shape index (κ3) is 6.53. The highest BCUT2D eigenvalue weighted by Gasteiger charge is 2.16. The van der Waals surface area contributed by atoms with Gasteiger partial charge in [0.25, 0.3) is 0 Å². The Bertz CT molecular complexity index is 872. The molecule has 0 radical (unpaired) electrons. The quantitative estimate of drug-likeness (QED) is 0.341. The Morgan fingerprint density at radius 2 is 1.86 bits per heavy atom. The maximum atomic E-state index is 12.4. The van der Waals surface area contributed by atoms with Crippen molar-refractivity contribution in [2.24, 2.45) is 0 Å². The molecule has 1 heterocycles. The lowest BCUT2D eigenvalue weighted by atomic mass is 10.1. The van der Waals surface area contributed by atoms with Crippen LogP contribution in [0.3, 0.4) is 0 Å². The molecule has 0 aliphatic rings. The van der Waals surface area contributed by atoms with Crippen molar-refractivity contribution < 1.29 is 32.6 Å². The number of methoxy groups -OCH3 is 1. The fourth-order valence-electron chi connectivity index (χ4n) is 2.80. The first-order chi connectivity index (χ1) is 13.8. The lowest BCUT2D eigenvalue weighted by Crippen LogP contribution is -2.14. The Balaban J connectivity index is 1.90. The molecule has 0 saturated carbocycles. The molecule has 0 unspecified atom stereocenters. The number of hydrogen-bond donors (Lipinski definition) is 0. The van der Waals surface area contributed by atoms with Gasteiger partial charge in [-0.2, -0.15) is 8.78 Å². The second-order valence-corrected chi connectivity index (χ2v) is 6.24. The number of hydrogen-bond acceptors (Lipinski definition) is 5. The molecule has 8 heteroatoms. The van der Waals surface area contributed by atoms with E-state index in [2.05, 4.69) is 4.74 Å². The van der Waals surface area contributed by atoms with Gasteiger partial charge in [-0.1, -0.05) is 12.1 Å². The molecular weight excluding hydrogens is 384 g/mol. The van der Waals surface area contributed by atoms with E-state index >= 15 is 0 Å². The lowest BCUT2D eigenvalue weighted by molar-refractivity contribution is -0.136. The number of carbonyl (C=O) groups is 2. The zero-order valence-corrected chi connectivity index (χ0v) is 16.5. The SMILES string of the molecule is COCCn1c(C)cc(C(=O)COC(=O)/C=C/c2ccc(OC(F)F)cc2)c1C. The minimum atomic E-state index is -2.90. The zero-order valence-electron chi connectivity index (χ0n) is 16.5. The molecule has 2 rings (SSSR count). The molecule has 6 nitrogen and oxygen atoms in total. The van der Waals surface area contributed by atoms with E-state index < -0.39 is 12.6 Å². The van der Waals surface area contributed by atoms with Crippen molar-refractivity contribution in [2.45, 2.75) is 27.0 Å². The molecule has 0 amide bonds. The maximum Gasteiger partial charge on any atom is 0.387 e. The Kier molecular flexibility index (Phi) is 8.09. The molecule has 0 fully saturated rings. The standard InChI is InChI=1S/C21H23F2NO5/c1-14-12-18(15(2)24(14)10-11-27-3)19(25)13-28-20(26)9-6-16-4-7-17(8-5-16)29-21(22)23/h4-9,12,21H,10-11,13H2,1-3H3/b9-6+. The van der Waals surface area contributed by atoms with E-state index in [9.17, 15) is 18.4 Å². The first kappa shape index (κ1) is 22.3. The van der Waals surface area contributed by atoms with E-state index in [0.29, 0.717) is 24.3 Å². The summed E-state index contributed by atoms with van der Waals surface area (Å²) in [5.74, 6) is -0.954. The monoisotopic (exact) mass is 407 g/mol. The summed E-state index contributed by atoms with van der Waals surface area (Å²) in [5, 5.41) is 0. The van der Waals surface area contributed by atoms with Crippen molar-refractivity contribution in [3.05, 3.63) is 58.9 Å². The molecule has 1 aromatic heterocycles. The number of rotatable bonds is 10. The van der Waals surface area contributed by atoms with Gasteiger partial charge in [-0.3, -0.25) is 4.79 Å². The molecule has 0 N–H and O–H groups in total. The van der Waals surface area contributed by atoms with Crippen LogP contribution in [-0.2, 0) is 20.8 Å². The van der Waals surface area contributed by atoms with E-state index in [-0.39, 0.29) is 18.1 Å². The highest BCUT2D eigenvalue weighted by molar-refractivity contribution is 6.00. The van der Waals surface area contributed by atoms with Gasteiger partial charge >= 0.3 is 12.6 Å². The predicted octanol–water partition coefficient (Wildman–Crippen LogP) is 3.79. The van der Waals surface area contributed by atoms with Crippen LogP contribution in [0.2, 0.25) is 0 Å². The lowest BCUT2D eigenvalue weighted by Gasteiger charge is -2.08. The van der Waals surface area contributed by atoms with Gasteiger partial charge in [-0.15, -0.1) is 0 Å². The summed E-state index contributed by atoms with van der Waals surface area (Å²) in [6.07, 6.45) is 2.62. The van der Waals surface area contributed by atoms with Crippen LogP contribution in [0.1, 0.15) is 27.3 Å². The molecule has 156 valence electrons. The van der Waals surface area contributed by atoms with Crippen molar-refractivity contribution in [1.29, 1.82) is 0 Å². The zero-order chi connectivity index (χ0) is 21.4. The Labute approximate surface area is 167 Å². The fourth-order valence-corrected chi connectivity index (χ4v) is 2.80. The summed E-state index contributed by atoms with van der Waals surface area (Å²) in [6, 6.07) is 7.52. The first-order valence-corrected chi connectivity index (χ1v) is 8.90. The number of aryl methyl sites for hydroxylation is 1. The van der Waals surface area contributed by atoms with Gasteiger partial charge in [0.05, 0.1) is 6.61 Å². The third-order valence-electron chi connectivity index (χ3n) is 4.26. The molecule has 0 saturated heterocycles. The van der Waals surface area contributed by atoms with E-state index in [0.717, 1.165) is 17.5 Å². The minimum absolute atomic E-state index is 0.0217. The molecule has 0 spiro atoms. The van der Waals surface area contributed by atoms with E-state index in [1.807, 2.05) is 18.4 Å². The van der Waals surface area contributed by atoms with Gasteiger partial charge in [0.2, 0.25) is 5.78 Å². The molecule has 29 heavy (non-hydrogen) atoms. The smallest absolute Gasteiger partial charge is 0.387 e. The Morgan fingerprint density at radius 1 is 1.17 bits per heavy atom. The van der Waals surface area contributed by atoms with Crippen LogP contribution < -0.4 is 4.74 Å². The summed E-state index contributed by atoms with van der Waals surface area (Å²) >= 11 is 0. The van der Waals surface area contributed by atoms with Crippen molar-refractivity contribution >= 4 is 17.8 Å². The summed E-state index contributed by atoms with van der Waals surface area (Å²) < 4.78 is 40.5. The number of alkyl halides is 2. The Morgan fingerprint density at radius 3 is 2.48 bits per heavy atom. The molecule has 0 aliphatic carbocycles. The van der Waals surface area contributed by atoms with Crippen molar-refractivity contribution in [2.75, 3.05) is 20.3 Å².